The summed E-state index contributed by atoms with van der Waals surface area (Å²) in [6.07, 6.45) is 11.1. The number of piperidine rings is 1. The molecule has 2 fully saturated rings. The summed E-state index contributed by atoms with van der Waals surface area (Å²) in [5, 5.41) is 3.49. The van der Waals surface area contributed by atoms with Crippen molar-refractivity contribution in [2.45, 2.75) is 78.7 Å². The smallest absolute Gasteiger partial charge is 0.216 e. The van der Waals surface area contributed by atoms with Gasteiger partial charge in [-0.05, 0) is 51.9 Å². The predicted octanol–water partition coefficient (Wildman–Crippen LogP) is 4.19. The van der Waals surface area contributed by atoms with E-state index in [1.54, 1.807) is 0 Å². The number of likely N-dealkylation sites (tertiary alicyclic amines) is 1. The summed E-state index contributed by atoms with van der Waals surface area (Å²) in [5.74, 6) is 2.64. The maximum Gasteiger partial charge on any atom is 0.216 e. The highest BCUT2D eigenvalue weighted by molar-refractivity contribution is 5.80. The standard InChI is InChI=1S/C20H34N4O/c1-4-21-19(22-14-18-23-16(2)17(3)25-18)24-13-9-12-20(15-24)10-7-5-6-8-11-20/h4-15H2,1-3H3,(H,21,22). The predicted molar refractivity (Wildman–Crippen MR) is 102 cm³/mol. The van der Waals surface area contributed by atoms with E-state index in [-0.39, 0.29) is 0 Å². The van der Waals surface area contributed by atoms with Crippen LogP contribution in [0.4, 0.5) is 0 Å². The van der Waals surface area contributed by atoms with Crippen LogP contribution in [0.5, 0.6) is 0 Å². The lowest BCUT2D eigenvalue weighted by Crippen LogP contribution is -2.50. The van der Waals surface area contributed by atoms with E-state index in [0.717, 1.165) is 37.0 Å². The van der Waals surface area contributed by atoms with Crippen LogP contribution in [0.1, 0.15) is 75.6 Å². The molecule has 5 heteroatoms. The quantitative estimate of drug-likeness (QED) is 0.658. The number of nitrogens with one attached hydrogen (secondary N) is 1. The van der Waals surface area contributed by atoms with Gasteiger partial charge in [0.1, 0.15) is 12.3 Å². The SMILES string of the molecule is CCNC(=NCc1nc(C)c(C)o1)N1CCCC2(CCCCCC2)C1. The summed E-state index contributed by atoms with van der Waals surface area (Å²) >= 11 is 0. The number of rotatable bonds is 3. The average molecular weight is 347 g/mol. The third-order valence-electron chi connectivity index (χ3n) is 5.90. The highest BCUT2D eigenvalue weighted by Gasteiger charge is 2.36. The number of aromatic nitrogens is 1. The largest absolute Gasteiger partial charge is 0.444 e. The van der Waals surface area contributed by atoms with E-state index in [9.17, 15) is 0 Å². The highest BCUT2D eigenvalue weighted by Crippen LogP contribution is 2.42. The monoisotopic (exact) mass is 346 g/mol. The zero-order chi connectivity index (χ0) is 17.7. The van der Waals surface area contributed by atoms with Gasteiger partial charge in [0.25, 0.3) is 0 Å². The molecule has 0 amide bonds. The Morgan fingerprint density at radius 2 is 1.88 bits per heavy atom. The second-order valence-corrected chi connectivity index (χ2v) is 7.86. The fourth-order valence-electron chi connectivity index (χ4n) is 4.45. The van der Waals surface area contributed by atoms with E-state index in [4.69, 9.17) is 9.41 Å². The van der Waals surface area contributed by atoms with Gasteiger partial charge in [0.15, 0.2) is 5.96 Å². The van der Waals surface area contributed by atoms with Crippen molar-refractivity contribution in [1.29, 1.82) is 0 Å². The Labute approximate surface area is 152 Å². The van der Waals surface area contributed by atoms with Crippen LogP contribution >= 0.6 is 0 Å². The fraction of sp³-hybridized carbons (Fsp3) is 0.800. The van der Waals surface area contributed by atoms with Crippen LogP contribution in [0.15, 0.2) is 9.41 Å². The van der Waals surface area contributed by atoms with Crippen molar-refractivity contribution in [2.24, 2.45) is 10.4 Å². The lowest BCUT2D eigenvalue weighted by atomic mass is 9.74. The first-order chi connectivity index (χ1) is 12.1. The molecule has 140 valence electrons. The Kier molecular flexibility index (Phi) is 6.02. The van der Waals surface area contributed by atoms with Crippen molar-refractivity contribution in [3.05, 3.63) is 17.3 Å². The number of aliphatic imine (C=N–C) groups is 1. The molecule has 1 spiro atoms. The van der Waals surface area contributed by atoms with Gasteiger partial charge in [-0.25, -0.2) is 9.98 Å². The van der Waals surface area contributed by atoms with Gasteiger partial charge in [-0.2, -0.15) is 0 Å². The van der Waals surface area contributed by atoms with Crippen LogP contribution in [0.25, 0.3) is 0 Å². The molecular formula is C20H34N4O. The van der Waals surface area contributed by atoms with Crippen molar-refractivity contribution in [3.63, 3.8) is 0 Å². The minimum absolute atomic E-state index is 0.514. The van der Waals surface area contributed by atoms with Gasteiger partial charge in [0.05, 0.1) is 5.69 Å². The molecule has 0 atom stereocenters. The molecule has 0 aromatic carbocycles. The third-order valence-corrected chi connectivity index (χ3v) is 5.90. The van der Waals surface area contributed by atoms with Crippen LogP contribution in [0.2, 0.25) is 0 Å². The number of hydrogen-bond acceptors (Lipinski definition) is 3. The van der Waals surface area contributed by atoms with Crippen LogP contribution in [-0.4, -0.2) is 35.5 Å². The second kappa shape index (κ2) is 8.24. The first kappa shape index (κ1) is 18.3. The molecule has 1 aromatic rings. The van der Waals surface area contributed by atoms with Crippen LogP contribution < -0.4 is 5.32 Å². The van der Waals surface area contributed by atoms with Gasteiger partial charge < -0.3 is 14.6 Å². The molecule has 0 bridgehead atoms. The molecule has 25 heavy (non-hydrogen) atoms. The summed E-state index contributed by atoms with van der Waals surface area (Å²) in [7, 11) is 0. The van der Waals surface area contributed by atoms with Gasteiger partial charge in [0, 0.05) is 19.6 Å². The molecule has 2 aliphatic rings. The van der Waals surface area contributed by atoms with E-state index in [2.05, 4.69) is 22.1 Å². The van der Waals surface area contributed by atoms with Crippen molar-refractivity contribution in [3.8, 4) is 0 Å². The lowest BCUT2D eigenvalue weighted by Gasteiger charge is -2.44. The zero-order valence-electron chi connectivity index (χ0n) is 16.2. The Bertz CT molecular complexity index is 565. The maximum absolute atomic E-state index is 5.69. The summed E-state index contributed by atoms with van der Waals surface area (Å²) < 4.78 is 5.69. The number of nitrogens with zero attached hydrogens (tertiary/aromatic N) is 3. The molecule has 1 aliphatic carbocycles. The second-order valence-electron chi connectivity index (χ2n) is 7.86. The van der Waals surface area contributed by atoms with Gasteiger partial charge in [0.2, 0.25) is 5.89 Å². The van der Waals surface area contributed by atoms with E-state index < -0.39 is 0 Å². The minimum atomic E-state index is 0.514. The van der Waals surface area contributed by atoms with Gasteiger partial charge in [-0.1, -0.05) is 25.7 Å². The molecule has 1 saturated carbocycles. The number of oxazole rings is 1. The van der Waals surface area contributed by atoms with Gasteiger partial charge >= 0.3 is 0 Å². The summed E-state index contributed by atoms with van der Waals surface area (Å²) in [6.45, 7) is 9.76. The Balaban J connectivity index is 1.71. The molecule has 1 N–H and O–H groups in total. The van der Waals surface area contributed by atoms with Gasteiger partial charge in [-0.15, -0.1) is 0 Å². The van der Waals surface area contributed by atoms with Crippen LogP contribution in [0, 0.1) is 19.3 Å². The highest BCUT2D eigenvalue weighted by atomic mass is 16.4. The molecule has 1 aromatic heterocycles. The maximum atomic E-state index is 5.69. The number of hydrogen-bond donors (Lipinski definition) is 1. The lowest BCUT2D eigenvalue weighted by molar-refractivity contribution is 0.115. The van der Waals surface area contributed by atoms with Crippen molar-refractivity contribution in [1.82, 2.24) is 15.2 Å². The summed E-state index contributed by atoms with van der Waals surface area (Å²) in [4.78, 5) is 11.8. The summed E-state index contributed by atoms with van der Waals surface area (Å²) in [6, 6.07) is 0. The van der Waals surface area contributed by atoms with E-state index in [0.29, 0.717) is 17.9 Å². The molecule has 2 heterocycles. The zero-order valence-corrected chi connectivity index (χ0v) is 16.2. The van der Waals surface area contributed by atoms with Crippen molar-refractivity contribution >= 4 is 5.96 Å². The van der Waals surface area contributed by atoms with Crippen LogP contribution in [0.3, 0.4) is 0 Å². The van der Waals surface area contributed by atoms with Gasteiger partial charge in [-0.3, -0.25) is 0 Å². The Hall–Kier alpha value is -1.52. The Morgan fingerprint density at radius 3 is 2.52 bits per heavy atom. The third kappa shape index (κ3) is 4.56. The molecule has 1 aliphatic heterocycles. The topological polar surface area (TPSA) is 53.7 Å². The average Bonchev–Trinajstić information content (AvgIpc) is 2.79. The molecule has 3 rings (SSSR count). The van der Waals surface area contributed by atoms with E-state index in [1.165, 1.54) is 51.4 Å². The first-order valence-electron chi connectivity index (χ1n) is 10.1. The van der Waals surface area contributed by atoms with Crippen molar-refractivity contribution in [2.75, 3.05) is 19.6 Å². The molecule has 0 unspecified atom stereocenters. The Morgan fingerprint density at radius 1 is 1.16 bits per heavy atom. The first-order valence-corrected chi connectivity index (χ1v) is 10.1. The molecule has 0 radical (unpaired) electrons. The van der Waals surface area contributed by atoms with Crippen molar-refractivity contribution < 1.29 is 4.42 Å². The minimum Gasteiger partial charge on any atom is -0.444 e. The number of aryl methyl sites for hydroxylation is 2. The number of guanidine groups is 1. The molecular weight excluding hydrogens is 312 g/mol. The van der Waals surface area contributed by atoms with E-state index >= 15 is 0 Å². The summed E-state index contributed by atoms with van der Waals surface area (Å²) in [5.41, 5.74) is 1.48. The van der Waals surface area contributed by atoms with E-state index in [1.807, 2.05) is 13.8 Å². The fourth-order valence-corrected chi connectivity index (χ4v) is 4.45. The molecule has 5 nitrogen and oxygen atoms in total. The molecule has 1 saturated heterocycles. The normalized spacial score (nSPS) is 21.4. The van der Waals surface area contributed by atoms with Crippen LogP contribution in [-0.2, 0) is 6.54 Å².